The topological polar surface area (TPSA) is 40.5 Å². The van der Waals surface area contributed by atoms with Gasteiger partial charge in [-0.15, -0.1) is 35.3 Å². The molecular formula is C14H22F3IN4S. The highest BCUT2D eigenvalue weighted by Crippen LogP contribution is 2.30. The highest BCUT2D eigenvalue weighted by Gasteiger charge is 2.33. The Hall–Kier alpha value is -0.580. The van der Waals surface area contributed by atoms with E-state index in [1.807, 2.05) is 6.92 Å². The van der Waals surface area contributed by atoms with Crippen LogP contribution in [-0.2, 0) is 12.7 Å². The summed E-state index contributed by atoms with van der Waals surface area (Å²) < 4.78 is 37.6. The SMILES string of the molecule is CCNC(=NCc1nc(C(F)(F)F)cs1)N1CCC(C)CC1.I. The van der Waals surface area contributed by atoms with Gasteiger partial charge in [-0.05, 0) is 25.7 Å². The minimum atomic E-state index is -4.38. The van der Waals surface area contributed by atoms with E-state index in [0.29, 0.717) is 10.9 Å². The zero-order valence-corrected chi connectivity index (χ0v) is 16.3. The van der Waals surface area contributed by atoms with Crippen molar-refractivity contribution < 1.29 is 13.2 Å². The number of piperidine rings is 1. The molecule has 0 aliphatic carbocycles. The third kappa shape index (κ3) is 6.09. The van der Waals surface area contributed by atoms with Crippen LogP contribution in [0.3, 0.4) is 0 Å². The van der Waals surface area contributed by atoms with Crippen LogP contribution in [0.2, 0.25) is 0 Å². The van der Waals surface area contributed by atoms with Gasteiger partial charge in [0.2, 0.25) is 0 Å². The second-order valence-electron chi connectivity index (χ2n) is 5.46. The maximum absolute atomic E-state index is 12.5. The van der Waals surface area contributed by atoms with Gasteiger partial charge in [0.05, 0.1) is 6.54 Å². The molecule has 1 saturated heterocycles. The van der Waals surface area contributed by atoms with Crippen molar-refractivity contribution in [1.29, 1.82) is 0 Å². The van der Waals surface area contributed by atoms with Crippen molar-refractivity contribution in [3.05, 3.63) is 16.1 Å². The van der Waals surface area contributed by atoms with Gasteiger partial charge in [0.25, 0.3) is 0 Å². The van der Waals surface area contributed by atoms with Crippen LogP contribution in [0, 0.1) is 5.92 Å². The normalized spacial score (nSPS) is 17.1. The number of guanidine groups is 1. The number of hydrogen-bond acceptors (Lipinski definition) is 3. The summed E-state index contributed by atoms with van der Waals surface area (Å²) >= 11 is 0.999. The number of hydrogen-bond donors (Lipinski definition) is 1. The molecule has 0 atom stereocenters. The summed E-state index contributed by atoms with van der Waals surface area (Å²) in [7, 11) is 0. The molecule has 1 aliphatic rings. The smallest absolute Gasteiger partial charge is 0.357 e. The van der Waals surface area contributed by atoms with Gasteiger partial charge in [-0.1, -0.05) is 6.92 Å². The number of thiazole rings is 1. The standard InChI is InChI=1S/C14H21F3N4S.HI/c1-3-18-13(21-6-4-10(2)5-7-21)19-8-12-20-11(9-22-12)14(15,16)17;/h9-10H,3-8H2,1-2H3,(H,18,19);1H. The molecule has 1 aliphatic heterocycles. The fourth-order valence-corrected chi connectivity index (χ4v) is 3.03. The molecule has 1 N–H and O–H groups in total. The Kier molecular flexibility index (Phi) is 8.05. The zero-order chi connectivity index (χ0) is 16.2. The first-order valence-corrected chi connectivity index (χ1v) is 8.33. The van der Waals surface area contributed by atoms with Gasteiger partial charge in [-0.2, -0.15) is 13.2 Å². The molecule has 0 spiro atoms. The van der Waals surface area contributed by atoms with Crippen molar-refractivity contribution in [2.24, 2.45) is 10.9 Å². The van der Waals surface area contributed by atoms with E-state index in [1.165, 1.54) is 0 Å². The first-order valence-electron chi connectivity index (χ1n) is 7.45. The zero-order valence-electron chi connectivity index (χ0n) is 13.2. The molecule has 2 heterocycles. The maximum atomic E-state index is 12.5. The molecule has 23 heavy (non-hydrogen) atoms. The number of nitrogens with one attached hydrogen (secondary N) is 1. The van der Waals surface area contributed by atoms with Gasteiger partial charge >= 0.3 is 6.18 Å². The number of halogens is 4. The number of aliphatic imine (C=N–C) groups is 1. The molecule has 0 radical (unpaired) electrons. The van der Waals surface area contributed by atoms with Crippen molar-refractivity contribution in [2.45, 2.75) is 39.4 Å². The van der Waals surface area contributed by atoms with E-state index in [-0.39, 0.29) is 30.5 Å². The van der Waals surface area contributed by atoms with Crippen LogP contribution in [0.5, 0.6) is 0 Å². The lowest BCUT2D eigenvalue weighted by atomic mass is 10.00. The first kappa shape index (κ1) is 20.5. The predicted molar refractivity (Wildman–Crippen MR) is 97.3 cm³/mol. The molecule has 0 unspecified atom stereocenters. The van der Waals surface area contributed by atoms with E-state index in [2.05, 4.69) is 27.1 Å². The molecule has 1 aromatic heterocycles. The maximum Gasteiger partial charge on any atom is 0.434 e. The fourth-order valence-electron chi connectivity index (χ4n) is 2.30. The molecule has 132 valence electrons. The minimum Gasteiger partial charge on any atom is -0.357 e. The van der Waals surface area contributed by atoms with E-state index in [9.17, 15) is 13.2 Å². The van der Waals surface area contributed by atoms with Crippen molar-refractivity contribution in [3.63, 3.8) is 0 Å². The van der Waals surface area contributed by atoms with E-state index in [4.69, 9.17) is 0 Å². The van der Waals surface area contributed by atoms with E-state index in [0.717, 1.165) is 55.2 Å². The predicted octanol–water partition coefficient (Wildman–Crippen LogP) is 3.98. The molecule has 1 aromatic rings. The van der Waals surface area contributed by atoms with Crippen LogP contribution < -0.4 is 5.32 Å². The second kappa shape index (κ2) is 9.05. The van der Waals surface area contributed by atoms with Crippen LogP contribution in [0.4, 0.5) is 13.2 Å². The molecule has 4 nitrogen and oxygen atoms in total. The van der Waals surface area contributed by atoms with Gasteiger partial charge in [0.15, 0.2) is 11.7 Å². The summed E-state index contributed by atoms with van der Waals surface area (Å²) in [4.78, 5) is 10.2. The van der Waals surface area contributed by atoms with Gasteiger partial charge in [-0.3, -0.25) is 0 Å². The highest BCUT2D eigenvalue weighted by molar-refractivity contribution is 14.0. The molecule has 2 rings (SSSR count). The lowest BCUT2D eigenvalue weighted by molar-refractivity contribution is -0.140. The third-order valence-corrected chi connectivity index (χ3v) is 4.46. The Balaban J connectivity index is 0.00000264. The second-order valence-corrected chi connectivity index (χ2v) is 6.41. The van der Waals surface area contributed by atoms with Crippen molar-refractivity contribution >= 4 is 41.3 Å². The first-order chi connectivity index (χ1) is 10.4. The van der Waals surface area contributed by atoms with Crippen LogP contribution in [-0.4, -0.2) is 35.5 Å². The highest BCUT2D eigenvalue weighted by atomic mass is 127. The molecule has 0 aromatic carbocycles. The van der Waals surface area contributed by atoms with Crippen LogP contribution in [0.25, 0.3) is 0 Å². The summed E-state index contributed by atoms with van der Waals surface area (Å²) in [6.07, 6.45) is -2.16. The molecule has 0 bridgehead atoms. The van der Waals surface area contributed by atoms with Crippen LogP contribution in [0.15, 0.2) is 10.4 Å². The van der Waals surface area contributed by atoms with Crippen molar-refractivity contribution in [1.82, 2.24) is 15.2 Å². The van der Waals surface area contributed by atoms with Gasteiger partial charge in [-0.25, -0.2) is 9.98 Å². The monoisotopic (exact) mass is 462 g/mol. The minimum absolute atomic E-state index is 0. The Morgan fingerprint density at radius 2 is 2.09 bits per heavy atom. The lowest BCUT2D eigenvalue weighted by Gasteiger charge is -2.32. The molecule has 0 saturated carbocycles. The van der Waals surface area contributed by atoms with Crippen molar-refractivity contribution in [2.75, 3.05) is 19.6 Å². The van der Waals surface area contributed by atoms with E-state index in [1.54, 1.807) is 0 Å². The lowest BCUT2D eigenvalue weighted by Crippen LogP contribution is -2.45. The molecule has 1 fully saturated rings. The average molecular weight is 462 g/mol. The number of aromatic nitrogens is 1. The summed E-state index contributed by atoms with van der Waals surface area (Å²) in [6, 6.07) is 0. The molecular weight excluding hydrogens is 440 g/mol. The Bertz CT molecular complexity index is 510. The van der Waals surface area contributed by atoms with Crippen LogP contribution >= 0.6 is 35.3 Å². The van der Waals surface area contributed by atoms with Gasteiger partial charge in [0.1, 0.15) is 5.01 Å². The van der Waals surface area contributed by atoms with Crippen LogP contribution in [0.1, 0.15) is 37.4 Å². The third-order valence-electron chi connectivity index (χ3n) is 3.62. The summed E-state index contributed by atoms with van der Waals surface area (Å²) in [5.41, 5.74) is -0.834. The van der Waals surface area contributed by atoms with Gasteiger partial charge in [0, 0.05) is 25.0 Å². The number of likely N-dealkylation sites (tertiary alicyclic amines) is 1. The Morgan fingerprint density at radius 3 is 2.61 bits per heavy atom. The fraction of sp³-hybridized carbons (Fsp3) is 0.714. The average Bonchev–Trinajstić information content (AvgIpc) is 2.93. The summed E-state index contributed by atoms with van der Waals surface area (Å²) in [6.45, 7) is 6.98. The van der Waals surface area contributed by atoms with E-state index < -0.39 is 11.9 Å². The summed E-state index contributed by atoms with van der Waals surface area (Å²) in [5.74, 6) is 1.48. The quantitative estimate of drug-likeness (QED) is 0.420. The van der Waals surface area contributed by atoms with Gasteiger partial charge < -0.3 is 10.2 Å². The number of alkyl halides is 3. The van der Waals surface area contributed by atoms with E-state index >= 15 is 0 Å². The number of rotatable bonds is 3. The number of nitrogens with zero attached hydrogens (tertiary/aromatic N) is 3. The Labute approximate surface area is 155 Å². The Morgan fingerprint density at radius 1 is 1.43 bits per heavy atom. The van der Waals surface area contributed by atoms with Crippen molar-refractivity contribution in [3.8, 4) is 0 Å². The summed E-state index contributed by atoms with van der Waals surface area (Å²) in [5, 5.41) is 4.63. The molecule has 0 amide bonds. The molecule has 9 heteroatoms. The largest absolute Gasteiger partial charge is 0.434 e.